The van der Waals surface area contributed by atoms with E-state index in [4.69, 9.17) is 0 Å². The molecule has 1 aromatic carbocycles. The van der Waals surface area contributed by atoms with Gasteiger partial charge >= 0.3 is 15.6 Å². The van der Waals surface area contributed by atoms with Gasteiger partial charge in [0.15, 0.2) is 0 Å². The zero-order valence-electron chi connectivity index (χ0n) is 15.3. The van der Waals surface area contributed by atoms with Gasteiger partial charge in [0, 0.05) is 16.7 Å². The fourth-order valence-corrected chi connectivity index (χ4v) is 4.77. The summed E-state index contributed by atoms with van der Waals surface area (Å²) < 4.78 is 65.2. The van der Waals surface area contributed by atoms with Gasteiger partial charge in [-0.25, -0.2) is 4.98 Å². The number of alkyl halides is 3. The molecule has 0 saturated carbocycles. The van der Waals surface area contributed by atoms with E-state index in [1.807, 2.05) is 6.07 Å². The Kier molecular flexibility index (Phi) is 8.24. The van der Waals surface area contributed by atoms with Crippen LogP contribution in [0.2, 0.25) is 0 Å². The van der Waals surface area contributed by atoms with Crippen LogP contribution in [0.15, 0.2) is 41.4 Å². The highest BCUT2D eigenvalue weighted by molar-refractivity contribution is 8.16. The Morgan fingerprint density at radius 2 is 1.93 bits per heavy atom. The van der Waals surface area contributed by atoms with Crippen molar-refractivity contribution >= 4 is 33.6 Å². The van der Waals surface area contributed by atoms with Gasteiger partial charge < -0.3 is 4.18 Å². The van der Waals surface area contributed by atoms with E-state index in [1.165, 1.54) is 0 Å². The van der Waals surface area contributed by atoms with Crippen molar-refractivity contribution in [2.75, 3.05) is 10.8 Å². The summed E-state index contributed by atoms with van der Waals surface area (Å²) in [6.45, 7) is 2.05. The van der Waals surface area contributed by atoms with Crippen LogP contribution >= 0.6 is 23.5 Å². The molecule has 5 nitrogen and oxygen atoms in total. The summed E-state index contributed by atoms with van der Waals surface area (Å²) in [7, 11) is -5.88. The second-order valence-electron chi connectivity index (χ2n) is 5.67. The van der Waals surface area contributed by atoms with Crippen molar-refractivity contribution in [2.24, 2.45) is 0 Å². The first kappa shape index (κ1) is 23.4. The number of pyridine rings is 1. The number of nitrogens with zero attached hydrogens (tertiary/aromatic N) is 2. The van der Waals surface area contributed by atoms with Crippen molar-refractivity contribution in [1.82, 2.24) is 4.98 Å². The van der Waals surface area contributed by atoms with Gasteiger partial charge in [-0.2, -0.15) is 38.6 Å². The standard InChI is InChI=1S/C18H17F3N2O3S3/c1-2-3-9-27-12-28-17-15(11-22)14(13-7-5-4-6-8-13)10-16(23-17)26-29(24,25)18(19,20)21/h4-8,10H,2-3,9,12H2,1H3. The molecule has 0 aliphatic rings. The third-order valence-electron chi connectivity index (χ3n) is 3.56. The predicted octanol–water partition coefficient (Wildman–Crippen LogP) is 5.43. The largest absolute Gasteiger partial charge is 0.534 e. The molecule has 0 bridgehead atoms. The van der Waals surface area contributed by atoms with E-state index in [0.717, 1.165) is 36.4 Å². The van der Waals surface area contributed by atoms with E-state index < -0.39 is 21.5 Å². The molecule has 0 radical (unpaired) electrons. The van der Waals surface area contributed by atoms with Crippen LogP contribution < -0.4 is 4.18 Å². The Bertz CT molecular complexity index is 976. The molecule has 0 unspecified atom stereocenters. The van der Waals surface area contributed by atoms with Crippen LogP contribution in [0.25, 0.3) is 11.1 Å². The molecule has 29 heavy (non-hydrogen) atoms. The van der Waals surface area contributed by atoms with Crippen molar-refractivity contribution in [3.8, 4) is 23.1 Å². The van der Waals surface area contributed by atoms with E-state index in [-0.39, 0.29) is 16.2 Å². The zero-order valence-corrected chi connectivity index (χ0v) is 17.7. The molecular formula is C18H17F3N2O3S3. The van der Waals surface area contributed by atoms with Crippen molar-refractivity contribution in [1.29, 1.82) is 5.26 Å². The number of hydrogen-bond acceptors (Lipinski definition) is 7. The molecule has 2 rings (SSSR count). The Balaban J connectivity index is 2.46. The normalized spacial score (nSPS) is 11.8. The van der Waals surface area contributed by atoms with E-state index in [1.54, 1.807) is 42.1 Å². The van der Waals surface area contributed by atoms with E-state index >= 15 is 0 Å². The number of thioether (sulfide) groups is 2. The van der Waals surface area contributed by atoms with Crippen LogP contribution in [0.4, 0.5) is 13.2 Å². The average molecular weight is 463 g/mol. The molecule has 0 aliphatic carbocycles. The van der Waals surface area contributed by atoms with Gasteiger partial charge in [-0.05, 0) is 17.7 Å². The molecule has 0 N–H and O–H groups in total. The summed E-state index contributed by atoms with van der Waals surface area (Å²) in [6, 6.07) is 11.5. The fourth-order valence-electron chi connectivity index (χ4n) is 2.16. The maximum absolute atomic E-state index is 12.7. The maximum Gasteiger partial charge on any atom is 0.534 e. The number of unbranched alkanes of at least 4 members (excludes halogenated alkanes) is 1. The van der Waals surface area contributed by atoms with Crippen molar-refractivity contribution in [3.63, 3.8) is 0 Å². The molecule has 0 atom stereocenters. The molecule has 0 saturated heterocycles. The fraction of sp³-hybridized carbons (Fsp3) is 0.333. The lowest BCUT2D eigenvalue weighted by Gasteiger charge is -2.13. The highest BCUT2D eigenvalue weighted by Crippen LogP contribution is 2.36. The number of halogens is 3. The molecular weight excluding hydrogens is 445 g/mol. The molecule has 156 valence electrons. The zero-order chi connectivity index (χ0) is 21.5. The van der Waals surface area contributed by atoms with Gasteiger partial charge in [-0.15, -0.1) is 0 Å². The Hall–Kier alpha value is -1.90. The second kappa shape index (κ2) is 10.2. The van der Waals surface area contributed by atoms with Crippen LogP contribution in [0.1, 0.15) is 25.3 Å². The van der Waals surface area contributed by atoms with Crippen molar-refractivity contribution < 1.29 is 25.8 Å². The van der Waals surface area contributed by atoms with Crippen LogP contribution in [0.3, 0.4) is 0 Å². The summed E-state index contributed by atoms with van der Waals surface area (Å²) >= 11 is 2.74. The van der Waals surface area contributed by atoms with Gasteiger partial charge in [0.2, 0.25) is 5.88 Å². The molecule has 0 fully saturated rings. The SMILES string of the molecule is CCCCSCSc1nc(OS(=O)(=O)C(F)(F)F)cc(-c2ccccc2)c1C#N. The first-order chi connectivity index (χ1) is 13.7. The van der Waals surface area contributed by atoms with Crippen LogP contribution in [-0.2, 0) is 10.1 Å². The number of rotatable bonds is 9. The van der Waals surface area contributed by atoms with Crippen molar-refractivity contribution in [3.05, 3.63) is 42.0 Å². The van der Waals surface area contributed by atoms with Gasteiger partial charge in [-0.3, -0.25) is 0 Å². The third-order valence-corrected chi connectivity index (χ3v) is 6.80. The van der Waals surface area contributed by atoms with E-state index in [2.05, 4.69) is 16.1 Å². The van der Waals surface area contributed by atoms with Gasteiger partial charge in [0.05, 0.1) is 5.56 Å². The summed E-state index contributed by atoms with van der Waals surface area (Å²) in [6.07, 6.45) is 2.03. The van der Waals surface area contributed by atoms with Gasteiger partial charge in [0.25, 0.3) is 0 Å². The predicted molar refractivity (Wildman–Crippen MR) is 108 cm³/mol. The average Bonchev–Trinajstić information content (AvgIpc) is 2.67. The Morgan fingerprint density at radius 1 is 1.24 bits per heavy atom. The van der Waals surface area contributed by atoms with Crippen LogP contribution in [0.5, 0.6) is 5.88 Å². The number of aromatic nitrogens is 1. The summed E-state index contributed by atoms with van der Waals surface area (Å²) in [5.74, 6) is 0.150. The van der Waals surface area contributed by atoms with Crippen molar-refractivity contribution in [2.45, 2.75) is 30.3 Å². The minimum atomic E-state index is -5.88. The third kappa shape index (κ3) is 6.29. The molecule has 11 heteroatoms. The van der Waals surface area contributed by atoms with E-state index in [0.29, 0.717) is 10.6 Å². The smallest absolute Gasteiger partial charge is 0.355 e. The lowest BCUT2D eigenvalue weighted by molar-refractivity contribution is -0.0501. The highest BCUT2D eigenvalue weighted by Gasteiger charge is 2.49. The maximum atomic E-state index is 12.7. The number of hydrogen-bond donors (Lipinski definition) is 0. The Labute approximate surface area is 175 Å². The second-order valence-corrected chi connectivity index (χ2v) is 9.65. The number of nitriles is 1. The summed E-state index contributed by atoms with van der Waals surface area (Å²) in [4.78, 5) is 3.87. The van der Waals surface area contributed by atoms with Crippen LogP contribution in [-0.4, -0.2) is 29.7 Å². The lowest BCUT2D eigenvalue weighted by atomic mass is 10.0. The molecule has 0 amide bonds. The first-order valence-corrected chi connectivity index (χ1v) is 12.0. The first-order valence-electron chi connectivity index (χ1n) is 8.41. The quantitative estimate of drug-likeness (QED) is 0.162. The minimum Gasteiger partial charge on any atom is -0.355 e. The molecule has 0 aliphatic heterocycles. The summed E-state index contributed by atoms with van der Waals surface area (Å²) in [5.41, 5.74) is -4.66. The van der Waals surface area contributed by atoms with Crippen LogP contribution in [0, 0.1) is 11.3 Å². The lowest BCUT2D eigenvalue weighted by Crippen LogP contribution is -2.28. The highest BCUT2D eigenvalue weighted by atomic mass is 32.2. The minimum absolute atomic E-state index is 0.116. The van der Waals surface area contributed by atoms with E-state index in [9.17, 15) is 26.9 Å². The Morgan fingerprint density at radius 3 is 2.52 bits per heavy atom. The monoisotopic (exact) mass is 462 g/mol. The topological polar surface area (TPSA) is 80.0 Å². The van der Waals surface area contributed by atoms with Gasteiger partial charge in [0.1, 0.15) is 11.1 Å². The molecule has 1 heterocycles. The molecule has 1 aromatic heterocycles. The van der Waals surface area contributed by atoms with Gasteiger partial charge in [-0.1, -0.05) is 55.4 Å². The number of benzene rings is 1. The summed E-state index contributed by atoms with van der Waals surface area (Å²) in [5, 5.41) is 10.2. The molecule has 2 aromatic rings. The molecule has 0 spiro atoms.